The van der Waals surface area contributed by atoms with Gasteiger partial charge in [-0.3, -0.25) is 4.90 Å². The van der Waals surface area contributed by atoms with Crippen molar-refractivity contribution in [3.05, 3.63) is 48.4 Å². The van der Waals surface area contributed by atoms with Gasteiger partial charge in [0, 0.05) is 32.7 Å². The molecule has 1 aromatic carbocycles. The van der Waals surface area contributed by atoms with Gasteiger partial charge in [0.15, 0.2) is 0 Å². The molecular weight excluding hydrogens is 332 g/mol. The van der Waals surface area contributed by atoms with Gasteiger partial charge in [-0.1, -0.05) is 12.1 Å². The normalized spacial score (nSPS) is 16.6. The number of aliphatic hydroxyl groups is 1. The van der Waals surface area contributed by atoms with E-state index in [1.165, 1.54) is 0 Å². The average molecular weight is 360 g/mol. The predicted octanol–water partition coefficient (Wildman–Crippen LogP) is 2.38. The van der Waals surface area contributed by atoms with Crippen molar-refractivity contribution in [3.8, 4) is 5.75 Å². The van der Waals surface area contributed by atoms with E-state index in [0.29, 0.717) is 26.4 Å². The van der Waals surface area contributed by atoms with Crippen molar-refractivity contribution in [3.63, 3.8) is 0 Å². The Hall–Kier alpha value is -2.02. The fourth-order valence-corrected chi connectivity index (χ4v) is 3.21. The second-order valence-electron chi connectivity index (χ2n) is 6.44. The molecule has 2 heterocycles. The second kappa shape index (κ2) is 9.62. The number of furan rings is 1. The summed E-state index contributed by atoms with van der Waals surface area (Å²) in [6, 6.07) is 11.9. The fraction of sp³-hybridized carbons (Fsp3) is 0.500. The van der Waals surface area contributed by atoms with Crippen LogP contribution in [0.15, 0.2) is 47.1 Å². The highest BCUT2D eigenvalue weighted by molar-refractivity contribution is 5.58. The summed E-state index contributed by atoms with van der Waals surface area (Å²) in [5.74, 6) is 1.72. The summed E-state index contributed by atoms with van der Waals surface area (Å²) in [5.41, 5.74) is 1.15. The van der Waals surface area contributed by atoms with E-state index in [0.717, 1.165) is 43.4 Å². The number of ether oxygens (including phenoxy) is 2. The van der Waals surface area contributed by atoms with Gasteiger partial charge < -0.3 is 23.9 Å². The number of benzene rings is 1. The van der Waals surface area contributed by atoms with Crippen LogP contribution in [0.4, 0.5) is 5.69 Å². The monoisotopic (exact) mass is 360 g/mol. The van der Waals surface area contributed by atoms with Crippen molar-refractivity contribution in [1.82, 2.24) is 4.90 Å². The molecule has 1 unspecified atom stereocenters. The zero-order valence-electron chi connectivity index (χ0n) is 15.3. The fourth-order valence-electron chi connectivity index (χ4n) is 3.21. The van der Waals surface area contributed by atoms with E-state index in [9.17, 15) is 5.11 Å². The Morgan fingerprint density at radius 2 is 1.92 bits per heavy atom. The lowest BCUT2D eigenvalue weighted by molar-refractivity contribution is 0.00440. The first-order valence-corrected chi connectivity index (χ1v) is 9.23. The maximum atomic E-state index is 10.2. The molecule has 1 atom stereocenters. The van der Waals surface area contributed by atoms with Crippen molar-refractivity contribution >= 4 is 5.69 Å². The smallest absolute Gasteiger partial charge is 0.142 e. The van der Waals surface area contributed by atoms with E-state index in [-0.39, 0.29) is 0 Å². The largest absolute Gasteiger partial charge is 0.492 e. The van der Waals surface area contributed by atoms with Crippen molar-refractivity contribution in [2.75, 3.05) is 50.8 Å². The van der Waals surface area contributed by atoms with E-state index in [4.69, 9.17) is 13.9 Å². The lowest BCUT2D eigenvalue weighted by Crippen LogP contribution is -2.49. The molecule has 3 rings (SSSR count). The number of rotatable bonds is 9. The van der Waals surface area contributed by atoms with Crippen LogP contribution >= 0.6 is 0 Å². The minimum atomic E-state index is -0.493. The van der Waals surface area contributed by atoms with E-state index in [1.54, 1.807) is 6.26 Å². The van der Waals surface area contributed by atoms with Gasteiger partial charge in [-0.05, 0) is 31.2 Å². The number of hydrogen-bond donors (Lipinski definition) is 1. The Bertz CT molecular complexity index is 639. The Morgan fingerprint density at radius 1 is 1.12 bits per heavy atom. The highest BCUT2D eigenvalue weighted by atomic mass is 16.5. The van der Waals surface area contributed by atoms with Crippen LogP contribution in [-0.4, -0.2) is 62.0 Å². The summed E-state index contributed by atoms with van der Waals surface area (Å²) in [6.45, 7) is 7.67. The number of nitrogens with zero attached hydrogens (tertiary/aromatic N) is 2. The molecule has 0 saturated carbocycles. The van der Waals surface area contributed by atoms with Crippen molar-refractivity contribution < 1.29 is 19.0 Å². The van der Waals surface area contributed by atoms with Gasteiger partial charge in [0.25, 0.3) is 0 Å². The Balaban J connectivity index is 1.41. The number of para-hydroxylation sites is 2. The van der Waals surface area contributed by atoms with Gasteiger partial charge in [0.2, 0.25) is 0 Å². The first kappa shape index (κ1) is 18.8. The lowest BCUT2D eigenvalue weighted by Gasteiger charge is -2.37. The summed E-state index contributed by atoms with van der Waals surface area (Å²) in [5, 5.41) is 10.2. The maximum Gasteiger partial charge on any atom is 0.142 e. The molecule has 1 aliphatic rings. The quantitative estimate of drug-likeness (QED) is 0.741. The van der Waals surface area contributed by atoms with E-state index in [1.807, 2.05) is 37.3 Å². The third kappa shape index (κ3) is 5.24. The van der Waals surface area contributed by atoms with E-state index >= 15 is 0 Å². The molecule has 2 aromatic rings. The van der Waals surface area contributed by atoms with E-state index in [2.05, 4.69) is 15.9 Å². The average Bonchev–Trinajstić information content (AvgIpc) is 3.17. The molecule has 0 bridgehead atoms. The Labute approximate surface area is 154 Å². The van der Waals surface area contributed by atoms with Crippen LogP contribution in [0.25, 0.3) is 0 Å². The predicted molar refractivity (Wildman–Crippen MR) is 101 cm³/mol. The Morgan fingerprint density at radius 3 is 2.65 bits per heavy atom. The molecule has 142 valence electrons. The van der Waals surface area contributed by atoms with Gasteiger partial charge in [-0.15, -0.1) is 0 Å². The van der Waals surface area contributed by atoms with Gasteiger partial charge in [-0.25, -0.2) is 0 Å². The topological polar surface area (TPSA) is 58.3 Å². The maximum absolute atomic E-state index is 10.2. The highest BCUT2D eigenvalue weighted by Gasteiger charge is 2.21. The van der Waals surface area contributed by atoms with Crippen LogP contribution in [0.1, 0.15) is 12.7 Å². The Kier molecular flexibility index (Phi) is 6.94. The molecule has 1 fully saturated rings. The zero-order chi connectivity index (χ0) is 18.2. The molecule has 6 nitrogen and oxygen atoms in total. The molecule has 1 saturated heterocycles. The van der Waals surface area contributed by atoms with Crippen LogP contribution in [0.5, 0.6) is 5.75 Å². The third-order valence-corrected chi connectivity index (χ3v) is 4.48. The van der Waals surface area contributed by atoms with Crippen LogP contribution in [0, 0.1) is 0 Å². The molecule has 0 spiro atoms. The number of anilines is 1. The zero-order valence-corrected chi connectivity index (χ0v) is 15.3. The van der Waals surface area contributed by atoms with Crippen LogP contribution in [0.2, 0.25) is 0 Å². The molecule has 0 aliphatic carbocycles. The summed E-state index contributed by atoms with van der Waals surface area (Å²) >= 11 is 0. The molecule has 0 radical (unpaired) electrons. The summed E-state index contributed by atoms with van der Waals surface area (Å²) in [4.78, 5) is 4.63. The molecule has 0 amide bonds. The third-order valence-electron chi connectivity index (χ3n) is 4.48. The number of β-amino-alcohol motifs (C(OH)–C–C–N with tert-alkyl or cyclic N) is 1. The first-order chi connectivity index (χ1) is 12.8. The van der Waals surface area contributed by atoms with Crippen molar-refractivity contribution in [2.45, 2.75) is 19.6 Å². The molecule has 26 heavy (non-hydrogen) atoms. The number of aliphatic hydroxyl groups excluding tert-OH is 1. The van der Waals surface area contributed by atoms with Gasteiger partial charge >= 0.3 is 0 Å². The van der Waals surface area contributed by atoms with Gasteiger partial charge in [0.05, 0.1) is 31.3 Å². The minimum Gasteiger partial charge on any atom is -0.492 e. The molecule has 1 N–H and O–H groups in total. The summed E-state index contributed by atoms with van der Waals surface area (Å²) in [6.07, 6.45) is 1.13. The second-order valence-corrected chi connectivity index (χ2v) is 6.44. The summed E-state index contributed by atoms with van der Waals surface area (Å²) in [7, 11) is 0. The van der Waals surface area contributed by atoms with Crippen molar-refractivity contribution in [1.29, 1.82) is 0 Å². The first-order valence-electron chi connectivity index (χ1n) is 9.23. The lowest BCUT2D eigenvalue weighted by atomic mass is 10.2. The van der Waals surface area contributed by atoms with Crippen LogP contribution < -0.4 is 9.64 Å². The summed E-state index contributed by atoms with van der Waals surface area (Å²) < 4.78 is 16.5. The number of hydrogen-bond acceptors (Lipinski definition) is 6. The number of piperazine rings is 1. The molecule has 1 aliphatic heterocycles. The molecule has 1 aromatic heterocycles. The molecule has 6 heteroatoms. The van der Waals surface area contributed by atoms with Gasteiger partial charge in [0.1, 0.15) is 18.1 Å². The van der Waals surface area contributed by atoms with E-state index < -0.39 is 6.10 Å². The van der Waals surface area contributed by atoms with Crippen LogP contribution in [0.3, 0.4) is 0 Å². The standard InChI is InChI=1S/C20H28N2O4/c1-2-25-20-8-4-3-7-19(20)22-11-9-21(10-12-22)14-17(23)15-24-16-18-6-5-13-26-18/h3-8,13,17,23H,2,9-12,14-16H2,1H3. The highest BCUT2D eigenvalue weighted by Crippen LogP contribution is 2.28. The SMILES string of the molecule is CCOc1ccccc1N1CCN(CC(O)COCc2ccco2)CC1. The van der Waals surface area contributed by atoms with Crippen LogP contribution in [-0.2, 0) is 11.3 Å². The van der Waals surface area contributed by atoms with Crippen molar-refractivity contribution in [2.24, 2.45) is 0 Å². The minimum absolute atomic E-state index is 0.314. The molecular formula is C20H28N2O4. The van der Waals surface area contributed by atoms with Gasteiger partial charge in [-0.2, -0.15) is 0 Å².